The maximum Gasteiger partial charge on any atom is 0.150 e. The number of aromatic amines is 1. The molecule has 0 radical (unpaired) electrons. The Bertz CT molecular complexity index is 670. The number of fused-ring (bicyclic) bond motifs is 1. The molecule has 2 heterocycles. The van der Waals surface area contributed by atoms with Crippen LogP contribution in [0.2, 0.25) is 0 Å². The van der Waals surface area contributed by atoms with Crippen LogP contribution in [0.1, 0.15) is 5.56 Å². The van der Waals surface area contributed by atoms with E-state index in [1.807, 2.05) is 18.2 Å². The summed E-state index contributed by atoms with van der Waals surface area (Å²) in [6, 6.07) is 10.1. The van der Waals surface area contributed by atoms with Crippen LogP contribution in [0.25, 0.3) is 22.4 Å². The number of hydrogen-bond donors (Lipinski definition) is 2. The minimum Gasteiger partial charge on any atom is -0.463 e. The standard InChI is InChI=1S/C14H13BrN2O/c15-9-3-4-12-11(8-9)10(5-6-16)14(17-12)13-2-1-7-18-13/h1-4,7-8,17H,5-6,16H2. The number of hydrogen-bond acceptors (Lipinski definition) is 2. The second-order valence-corrected chi connectivity index (χ2v) is 5.10. The van der Waals surface area contributed by atoms with Crippen molar-refractivity contribution in [2.24, 2.45) is 5.73 Å². The van der Waals surface area contributed by atoms with Gasteiger partial charge in [0.15, 0.2) is 0 Å². The molecule has 2 aromatic heterocycles. The molecule has 3 N–H and O–H groups in total. The number of halogens is 1. The lowest BCUT2D eigenvalue weighted by Gasteiger charge is -2.00. The molecule has 18 heavy (non-hydrogen) atoms. The van der Waals surface area contributed by atoms with Crippen molar-refractivity contribution in [3.63, 3.8) is 0 Å². The maximum absolute atomic E-state index is 5.71. The Labute approximate surface area is 113 Å². The molecule has 0 bridgehead atoms. The van der Waals surface area contributed by atoms with Gasteiger partial charge in [-0.05, 0) is 48.9 Å². The molecule has 0 aliphatic rings. The van der Waals surface area contributed by atoms with Gasteiger partial charge < -0.3 is 15.1 Å². The molecule has 0 unspecified atom stereocenters. The van der Waals surface area contributed by atoms with Crippen molar-refractivity contribution >= 4 is 26.8 Å². The normalized spacial score (nSPS) is 11.2. The highest BCUT2D eigenvalue weighted by Gasteiger charge is 2.14. The van der Waals surface area contributed by atoms with Crippen molar-refractivity contribution in [3.8, 4) is 11.5 Å². The summed E-state index contributed by atoms with van der Waals surface area (Å²) >= 11 is 3.51. The number of aromatic nitrogens is 1. The first-order valence-corrected chi connectivity index (χ1v) is 6.63. The Morgan fingerprint density at radius 3 is 2.89 bits per heavy atom. The summed E-state index contributed by atoms with van der Waals surface area (Å²) in [5.41, 5.74) is 9.06. The average Bonchev–Trinajstić information content (AvgIpc) is 2.98. The van der Waals surface area contributed by atoms with Crippen molar-refractivity contribution in [1.82, 2.24) is 4.98 Å². The van der Waals surface area contributed by atoms with Crippen LogP contribution in [0.4, 0.5) is 0 Å². The molecule has 0 fully saturated rings. The Morgan fingerprint density at radius 2 is 2.17 bits per heavy atom. The van der Waals surface area contributed by atoms with Gasteiger partial charge in [-0.1, -0.05) is 15.9 Å². The van der Waals surface area contributed by atoms with Gasteiger partial charge >= 0.3 is 0 Å². The van der Waals surface area contributed by atoms with E-state index in [1.165, 1.54) is 10.9 Å². The highest BCUT2D eigenvalue weighted by molar-refractivity contribution is 9.10. The fourth-order valence-electron chi connectivity index (χ4n) is 2.26. The molecule has 4 heteroatoms. The summed E-state index contributed by atoms with van der Waals surface area (Å²) in [4.78, 5) is 3.41. The van der Waals surface area contributed by atoms with Crippen LogP contribution < -0.4 is 5.73 Å². The maximum atomic E-state index is 5.71. The number of rotatable bonds is 3. The second-order valence-electron chi connectivity index (χ2n) is 4.18. The van der Waals surface area contributed by atoms with Gasteiger partial charge in [0.2, 0.25) is 0 Å². The first kappa shape index (κ1) is 11.6. The van der Waals surface area contributed by atoms with E-state index >= 15 is 0 Å². The lowest BCUT2D eigenvalue weighted by molar-refractivity contribution is 0.580. The highest BCUT2D eigenvalue weighted by Crippen LogP contribution is 2.32. The number of benzene rings is 1. The zero-order valence-electron chi connectivity index (χ0n) is 9.74. The Kier molecular flexibility index (Phi) is 2.97. The van der Waals surface area contributed by atoms with Gasteiger partial charge in [-0.15, -0.1) is 0 Å². The van der Waals surface area contributed by atoms with Crippen LogP contribution >= 0.6 is 15.9 Å². The molecule has 92 valence electrons. The average molecular weight is 305 g/mol. The Morgan fingerprint density at radius 1 is 1.28 bits per heavy atom. The van der Waals surface area contributed by atoms with E-state index < -0.39 is 0 Å². The van der Waals surface area contributed by atoms with Gasteiger partial charge in [-0.2, -0.15) is 0 Å². The lowest BCUT2D eigenvalue weighted by Crippen LogP contribution is -2.03. The minimum atomic E-state index is 0.618. The molecule has 0 aliphatic heterocycles. The van der Waals surface area contributed by atoms with Crippen LogP contribution in [-0.2, 0) is 6.42 Å². The van der Waals surface area contributed by atoms with Crippen LogP contribution in [0.15, 0.2) is 45.5 Å². The van der Waals surface area contributed by atoms with E-state index in [2.05, 4.69) is 33.0 Å². The number of nitrogens with one attached hydrogen (secondary N) is 1. The molecule has 3 rings (SSSR count). The van der Waals surface area contributed by atoms with Gasteiger partial charge in [-0.3, -0.25) is 0 Å². The minimum absolute atomic E-state index is 0.618. The van der Waals surface area contributed by atoms with Gasteiger partial charge in [0, 0.05) is 15.4 Å². The molecule has 3 aromatic rings. The SMILES string of the molecule is NCCc1c(-c2ccco2)[nH]c2ccc(Br)cc12. The van der Waals surface area contributed by atoms with Crippen molar-refractivity contribution in [1.29, 1.82) is 0 Å². The van der Waals surface area contributed by atoms with E-state index in [9.17, 15) is 0 Å². The van der Waals surface area contributed by atoms with Crippen LogP contribution in [0.5, 0.6) is 0 Å². The summed E-state index contributed by atoms with van der Waals surface area (Å²) in [5.74, 6) is 0.853. The Balaban J connectivity index is 2.27. The van der Waals surface area contributed by atoms with Crippen molar-refractivity contribution in [2.75, 3.05) is 6.54 Å². The van der Waals surface area contributed by atoms with E-state index in [0.29, 0.717) is 6.54 Å². The second kappa shape index (κ2) is 4.63. The third-order valence-corrected chi connectivity index (χ3v) is 3.52. The van der Waals surface area contributed by atoms with Crippen LogP contribution in [-0.4, -0.2) is 11.5 Å². The molecular weight excluding hydrogens is 292 g/mol. The molecule has 0 saturated carbocycles. The molecule has 0 atom stereocenters. The van der Waals surface area contributed by atoms with Crippen LogP contribution in [0, 0.1) is 0 Å². The van der Waals surface area contributed by atoms with E-state index in [1.54, 1.807) is 6.26 Å². The van der Waals surface area contributed by atoms with Gasteiger partial charge in [0.25, 0.3) is 0 Å². The molecule has 0 spiro atoms. The third-order valence-electron chi connectivity index (χ3n) is 3.03. The molecule has 0 saturated heterocycles. The van der Waals surface area contributed by atoms with Crippen LogP contribution in [0.3, 0.4) is 0 Å². The molecule has 1 aromatic carbocycles. The fraction of sp³-hybridized carbons (Fsp3) is 0.143. The molecular formula is C14H13BrN2O. The van der Waals surface area contributed by atoms with Gasteiger partial charge in [-0.25, -0.2) is 0 Å². The summed E-state index contributed by atoms with van der Waals surface area (Å²) in [5, 5.41) is 1.20. The predicted molar refractivity (Wildman–Crippen MR) is 76.5 cm³/mol. The van der Waals surface area contributed by atoms with Gasteiger partial charge in [0.05, 0.1) is 12.0 Å². The van der Waals surface area contributed by atoms with Gasteiger partial charge in [0.1, 0.15) is 5.76 Å². The largest absolute Gasteiger partial charge is 0.463 e. The van der Waals surface area contributed by atoms with Crippen molar-refractivity contribution in [2.45, 2.75) is 6.42 Å². The zero-order chi connectivity index (χ0) is 12.5. The number of furan rings is 1. The van der Waals surface area contributed by atoms with Crippen molar-refractivity contribution < 1.29 is 4.42 Å². The molecule has 3 nitrogen and oxygen atoms in total. The molecule has 0 amide bonds. The number of H-pyrrole nitrogens is 1. The fourth-order valence-corrected chi connectivity index (χ4v) is 2.62. The summed E-state index contributed by atoms with van der Waals surface area (Å²) in [7, 11) is 0. The smallest absolute Gasteiger partial charge is 0.150 e. The van der Waals surface area contributed by atoms with E-state index in [0.717, 1.165) is 27.9 Å². The van der Waals surface area contributed by atoms with E-state index in [-0.39, 0.29) is 0 Å². The predicted octanol–water partition coefficient (Wildman–Crippen LogP) is 3.69. The highest BCUT2D eigenvalue weighted by atomic mass is 79.9. The first-order valence-electron chi connectivity index (χ1n) is 5.83. The Hall–Kier alpha value is -1.52. The lowest BCUT2D eigenvalue weighted by atomic mass is 10.1. The zero-order valence-corrected chi connectivity index (χ0v) is 11.3. The summed E-state index contributed by atoms with van der Waals surface area (Å²) in [6.07, 6.45) is 2.51. The third kappa shape index (κ3) is 1.87. The van der Waals surface area contributed by atoms with E-state index in [4.69, 9.17) is 10.2 Å². The summed E-state index contributed by atoms with van der Waals surface area (Å²) < 4.78 is 6.55. The quantitative estimate of drug-likeness (QED) is 0.775. The van der Waals surface area contributed by atoms with Crippen molar-refractivity contribution in [3.05, 3.63) is 46.6 Å². The number of nitrogens with two attached hydrogens (primary N) is 1. The first-order chi connectivity index (χ1) is 8.79. The summed E-state index contributed by atoms with van der Waals surface area (Å²) in [6.45, 7) is 0.618. The topological polar surface area (TPSA) is 54.9 Å². The monoisotopic (exact) mass is 304 g/mol. The molecule has 0 aliphatic carbocycles.